The van der Waals surface area contributed by atoms with Crippen LogP contribution in [0.3, 0.4) is 0 Å². The molecule has 1 heterocycles. The first kappa shape index (κ1) is 9.69. The molecule has 0 aliphatic carbocycles. The van der Waals surface area contributed by atoms with Crippen LogP contribution in [0, 0.1) is 6.92 Å². The highest BCUT2D eigenvalue weighted by atomic mass is 32.1. The van der Waals surface area contributed by atoms with E-state index in [-0.39, 0.29) is 6.04 Å². The van der Waals surface area contributed by atoms with E-state index in [4.69, 9.17) is 5.73 Å². The van der Waals surface area contributed by atoms with Gasteiger partial charge in [-0.3, -0.25) is 0 Å². The van der Waals surface area contributed by atoms with Crippen LogP contribution in [0.1, 0.15) is 18.1 Å². The van der Waals surface area contributed by atoms with Crippen molar-refractivity contribution < 1.29 is 0 Å². The van der Waals surface area contributed by atoms with Crippen LogP contribution in [0.2, 0.25) is 0 Å². The maximum atomic E-state index is 5.84. The van der Waals surface area contributed by atoms with Gasteiger partial charge in [-0.1, -0.05) is 12.1 Å². The minimum absolute atomic E-state index is 0.236. The fourth-order valence-corrected chi connectivity index (χ4v) is 2.84. The first-order valence-electron chi connectivity index (χ1n) is 4.90. The van der Waals surface area contributed by atoms with Gasteiger partial charge in [0, 0.05) is 10.7 Å². The SMILES string of the molecule is Cc1csc2cccc(CC(C)N)c12. The van der Waals surface area contributed by atoms with E-state index in [1.165, 1.54) is 21.2 Å². The highest BCUT2D eigenvalue weighted by molar-refractivity contribution is 7.17. The largest absolute Gasteiger partial charge is 0.328 e. The molecule has 14 heavy (non-hydrogen) atoms. The van der Waals surface area contributed by atoms with Crippen LogP contribution < -0.4 is 5.73 Å². The van der Waals surface area contributed by atoms with Crippen molar-refractivity contribution in [3.63, 3.8) is 0 Å². The zero-order valence-electron chi connectivity index (χ0n) is 8.58. The summed E-state index contributed by atoms with van der Waals surface area (Å²) < 4.78 is 1.38. The molecule has 74 valence electrons. The maximum absolute atomic E-state index is 5.84. The smallest absolute Gasteiger partial charge is 0.0348 e. The molecule has 1 aromatic carbocycles. The van der Waals surface area contributed by atoms with Gasteiger partial charge in [0.25, 0.3) is 0 Å². The van der Waals surface area contributed by atoms with Gasteiger partial charge in [-0.25, -0.2) is 0 Å². The van der Waals surface area contributed by atoms with Crippen molar-refractivity contribution >= 4 is 21.4 Å². The third-order valence-electron chi connectivity index (χ3n) is 2.41. The zero-order valence-corrected chi connectivity index (χ0v) is 9.40. The molecule has 2 N–H and O–H groups in total. The van der Waals surface area contributed by atoms with Gasteiger partial charge in [-0.05, 0) is 48.2 Å². The van der Waals surface area contributed by atoms with Crippen LogP contribution >= 0.6 is 11.3 Å². The Morgan fingerprint density at radius 2 is 2.21 bits per heavy atom. The van der Waals surface area contributed by atoms with E-state index in [0.29, 0.717) is 0 Å². The lowest BCUT2D eigenvalue weighted by Crippen LogP contribution is -2.17. The Morgan fingerprint density at radius 1 is 1.43 bits per heavy atom. The molecule has 0 fully saturated rings. The standard InChI is InChI=1S/C12H15NS/c1-8-7-14-11-5-3-4-10(12(8)11)6-9(2)13/h3-5,7,9H,6,13H2,1-2H3. The lowest BCUT2D eigenvalue weighted by molar-refractivity contribution is 0.741. The zero-order chi connectivity index (χ0) is 10.1. The molecule has 0 radical (unpaired) electrons. The van der Waals surface area contributed by atoms with E-state index >= 15 is 0 Å². The molecule has 0 aliphatic heterocycles. The van der Waals surface area contributed by atoms with Crippen molar-refractivity contribution in [2.45, 2.75) is 26.3 Å². The highest BCUT2D eigenvalue weighted by Crippen LogP contribution is 2.28. The number of fused-ring (bicyclic) bond motifs is 1. The van der Waals surface area contributed by atoms with Gasteiger partial charge in [0.2, 0.25) is 0 Å². The molecule has 0 bridgehead atoms. The van der Waals surface area contributed by atoms with E-state index in [1.54, 1.807) is 0 Å². The molecule has 1 aromatic heterocycles. The third kappa shape index (κ3) is 1.68. The van der Waals surface area contributed by atoms with Gasteiger partial charge >= 0.3 is 0 Å². The number of aryl methyl sites for hydroxylation is 1. The van der Waals surface area contributed by atoms with E-state index in [9.17, 15) is 0 Å². The van der Waals surface area contributed by atoms with E-state index in [0.717, 1.165) is 6.42 Å². The minimum atomic E-state index is 0.236. The molecule has 2 aromatic rings. The van der Waals surface area contributed by atoms with Crippen LogP contribution in [-0.2, 0) is 6.42 Å². The Balaban J connectivity index is 2.57. The number of thiophene rings is 1. The van der Waals surface area contributed by atoms with Gasteiger partial charge in [0.1, 0.15) is 0 Å². The minimum Gasteiger partial charge on any atom is -0.328 e. The average molecular weight is 205 g/mol. The summed E-state index contributed by atoms with van der Waals surface area (Å²) in [6, 6.07) is 6.72. The molecule has 1 nitrogen and oxygen atoms in total. The molecular formula is C12H15NS. The van der Waals surface area contributed by atoms with E-state index in [1.807, 2.05) is 11.3 Å². The molecular weight excluding hydrogens is 190 g/mol. The predicted octanol–water partition coefficient (Wildman–Crippen LogP) is 3.10. The van der Waals surface area contributed by atoms with Crippen LogP contribution in [0.5, 0.6) is 0 Å². The summed E-state index contributed by atoms with van der Waals surface area (Å²) in [5.41, 5.74) is 8.60. The summed E-state index contributed by atoms with van der Waals surface area (Å²) in [6.45, 7) is 4.23. The summed E-state index contributed by atoms with van der Waals surface area (Å²) >= 11 is 1.81. The summed E-state index contributed by atoms with van der Waals surface area (Å²) in [5, 5.41) is 3.63. The lowest BCUT2D eigenvalue weighted by Gasteiger charge is -2.07. The van der Waals surface area contributed by atoms with Crippen molar-refractivity contribution in [3.05, 3.63) is 34.7 Å². The first-order valence-corrected chi connectivity index (χ1v) is 5.77. The van der Waals surface area contributed by atoms with Crippen LogP contribution in [-0.4, -0.2) is 6.04 Å². The number of benzene rings is 1. The Bertz CT molecular complexity index is 443. The molecule has 0 saturated carbocycles. The normalized spacial score (nSPS) is 13.4. The number of nitrogens with two attached hydrogens (primary N) is 1. The van der Waals surface area contributed by atoms with Crippen molar-refractivity contribution in [1.82, 2.24) is 0 Å². The summed E-state index contributed by atoms with van der Waals surface area (Å²) in [5.74, 6) is 0. The lowest BCUT2D eigenvalue weighted by atomic mass is 10.0. The van der Waals surface area contributed by atoms with Gasteiger partial charge in [-0.15, -0.1) is 11.3 Å². The second kappa shape index (κ2) is 3.71. The number of rotatable bonds is 2. The monoisotopic (exact) mass is 205 g/mol. The molecule has 0 aliphatic rings. The first-order chi connectivity index (χ1) is 6.68. The number of hydrogen-bond acceptors (Lipinski definition) is 2. The van der Waals surface area contributed by atoms with Crippen LogP contribution in [0.4, 0.5) is 0 Å². The summed E-state index contributed by atoms with van der Waals surface area (Å²) in [7, 11) is 0. The van der Waals surface area contributed by atoms with Crippen LogP contribution in [0.25, 0.3) is 10.1 Å². The van der Waals surface area contributed by atoms with Crippen LogP contribution in [0.15, 0.2) is 23.6 Å². The van der Waals surface area contributed by atoms with Gasteiger partial charge in [-0.2, -0.15) is 0 Å². The second-order valence-corrected chi connectivity index (χ2v) is 4.80. The third-order valence-corrected chi connectivity index (χ3v) is 3.48. The van der Waals surface area contributed by atoms with Crippen molar-refractivity contribution in [3.8, 4) is 0 Å². The van der Waals surface area contributed by atoms with Gasteiger partial charge in [0.15, 0.2) is 0 Å². The molecule has 2 heteroatoms. The Hall–Kier alpha value is -0.860. The number of hydrogen-bond donors (Lipinski definition) is 1. The van der Waals surface area contributed by atoms with E-state index in [2.05, 4.69) is 37.4 Å². The van der Waals surface area contributed by atoms with Crippen molar-refractivity contribution in [1.29, 1.82) is 0 Å². The molecule has 0 amide bonds. The Morgan fingerprint density at radius 3 is 2.93 bits per heavy atom. The Labute approximate surface area is 88.6 Å². The molecule has 0 spiro atoms. The topological polar surface area (TPSA) is 26.0 Å². The molecule has 1 atom stereocenters. The average Bonchev–Trinajstić information content (AvgIpc) is 2.48. The summed E-state index contributed by atoms with van der Waals surface area (Å²) in [4.78, 5) is 0. The summed E-state index contributed by atoms with van der Waals surface area (Å²) in [6.07, 6.45) is 0.967. The van der Waals surface area contributed by atoms with Crippen molar-refractivity contribution in [2.24, 2.45) is 5.73 Å². The molecule has 0 saturated heterocycles. The maximum Gasteiger partial charge on any atom is 0.0348 e. The van der Waals surface area contributed by atoms with Crippen molar-refractivity contribution in [2.75, 3.05) is 0 Å². The van der Waals surface area contributed by atoms with Gasteiger partial charge in [0.05, 0.1) is 0 Å². The fraction of sp³-hybridized carbons (Fsp3) is 0.333. The molecule has 1 unspecified atom stereocenters. The second-order valence-electron chi connectivity index (χ2n) is 3.89. The predicted molar refractivity (Wildman–Crippen MR) is 63.9 cm³/mol. The highest BCUT2D eigenvalue weighted by Gasteiger charge is 2.06. The Kier molecular flexibility index (Phi) is 2.57. The quantitative estimate of drug-likeness (QED) is 0.801. The van der Waals surface area contributed by atoms with Gasteiger partial charge < -0.3 is 5.73 Å². The fourth-order valence-electron chi connectivity index (χ4n) is 1.85. The molecule has 2 rings (SSSR count). The van der Waals surface area contributed by atoms with E-state index < -0.39 is 0 Å².